The molecule has 1 aromatic rings. The molecule has 2 N–H and O–H groups in total. The Labute approximate surface area is 124 Å². The van der Waals surface area contributed by atoms with Gasteiger partial charge in [-0.05, 0) is 24.8 Å². The molecule has 0 bridgehead atoms. The van der Waals surface area contributed by atoms with Crippen molar-refractivity contribution in [2.75, 3.05) is 6.54 Å². The van der Waals surface area contributed by atoms with Gasteiger partial charge in [-0.25, -0.2) is 8.78 Å². The van der Waals surface area contributed by atoms with Crippen LogP contribution in [0.3, 0.4) is 0 Å². The van der Waals surface area contributed by atoms with E-state index in [0.717, 1.165) is 6.07 Å². The molecule has 0 aromatic heterocycles. The number of carbonyl (C=O) groups is 1. The van der Waals surface area contributed by atoms with Crippen LogP contribution < -0.4 is 5.32 Å². The lowest BCUT2D eigenvalue weighted by atomic mass is 9.93. The van der Waals surface area contributed by atoms with Gasteiger partial charge in [0, 0.05) is 18.1 Å². The summed E-state index contributed by atoms with van der Waals surface area (Å²) in [6.45, 7) is 7.29. The Morgan fingerprint density at radius 3 is 2.48 bits per heavy atom. The lowest BCUT2D eigenvalue weighted by molar-refractivity contribution is -0.123. The van der Waals surface area contributed by atoms with Gasteiger partial charge in [-0.2, -0.15) is 0 Å². The van der Waals surface area contributed by atoms with E-state index >= 15 is 0 Å². The largest absolute Gasteiger partial charge is 0.383 e. The molecule has 21 heavy (non-hydrogen) atoms. The van der Waals surface area contributed by atoms with E-state index in [9.17, 15) is 18.7 Å². The molecule has 3 nitrogen and oxygen atoms in total. The lowest BCUT2D eigenvalue weighted by Crippen LogP contribution is -2.39. The summed E-state index contributed by atoms with van der Waals surface area (Å²) in [7, 11) is 0. The molecule has 1 aromatic carbocycles. The third-order valence-corrected chi connectivity index (χ3v) is 3.79. The molecule has 0 aliphatic carbocycles. The van der Waals surface area contributed by atoms with E-state index < -0.39 is 17.2 Å². The zero-order valence-corrected chi connectivity index (χ0v) is 12.9. The fraction of sp³-hybridized carbons (Fsp3) is 0.562. The number of aliphatic hydroxyl groups is 1. The minimum atomic E-state index is -1.59. The second-order valence-electron chi connectivity index (χ2n) is 6.10. The summed E-state index contributed by atoms with van der Waals surface area (Å²) in [5.41, 5.74) is -1.63. The normalized spacial score (nSPS) is 15.6. The molecule has 0 heterocycles. The first-order valence-corrected chi connectivity index (χ1v) is 7.08. The molecular formula is C16H23F2NO2. The van der Waals surface area contributed by atoms with Crippen molar-refractivity contribution >= 4 is 5.91 Å². The van der Waals surface area contributed by atoms with E-state index in [-0.39, 0.29) is 23.9 Å². The van der Waals surface area contributed by atoms with Gasteiger partial charge >= 0.3 is 0 Å². The number of hydrogen-bond acceptors (Lipinski definition) is 2. The standard InChI is InChI=1S/C16H23F2NO2/c1-10(2)11(3)7-15(20)19-9-16(4,21)13-6-5-12(17)8-14(13)18/h5-6,8,10-11,21H,7,9H2,1-4H3,(H,19,20). The molecule has 2 atom stereocenters. The zero-order valence-electron chi connectivity index (χ0n) is 12.9. The average molecular weight is 299 g/mol. The molecule has 0 saturated carbocycles. The molecule has 118 valence electrons. The molecule has 0 fully saturated rings. The Hall–Kier alpha value is -1.49. The van der Waals surface area contributed by atoms with Gasteiger partial charge in [0.1, 0.15) is 17.2 Å². The van der Waals surface area contributed by atoms with Gasteiger partial charge in [-0.3, -0.25) is 4.79 Å². The van der Waals surface area contributed by atoms with Crippen LogP contribution in [0.25, 0.3) is 0 Å². The van der Waals surface area contributed by atoms with Crippen LogP contribution in [0, 0.1) is 23.5 Å². The van der Waals surface area contributed by atoms with Crippen molar-refractivity contribution < 1.29 is 18.7 Å². The maximum absolute atomic E-state index is 13.7. The second-order valence-corrected chi connectivity index (χ2v) is 6.10. The molecule has 0 spiro atoms. The number of nitrogens with one attached hydrogen (secondary N) is 1. The van der Waals surface area contributed by atoms with Crippen LogP contribution in [0.4, 0.5) is 8.78 Å². The van der Waals surface area contributed by atoms with Crippen LogP contribution >= 0.6 is 0 Å². The number of benzene rings is 1. The lowest BCUT2D eigenvalue weighted by Gasteiger charge is -2.25. The Kier molecular flexibility index (Phi) is 5.84. The fourth-order valence-corrected chi connectivity index (χ4v) is 1.89. The van der Waals surface area contributed by atoms with Gasteiger partial charge in [0.05, 0.1) is 6.54 Å². The fourth-order valence-electron chi connectivity index (χ4n) is 1.89. The summed E-state index contributed by atoms with van der Waals surface area (Å²) in [5.74, 6) is -1.13. The van der Waals surface area contributed by atoms with Crippen molar-refractivity contribution in [3.8, 4) is 0 Å². The van der Waals surface area contributed by atoms with Crippen LogP contribution in [0.2, 0.25) is 0 Å². The van der Waals surface area contributed by atoms with Gasteiger partial charge in [0.2, 0.25) is 5.91 Å². The minimum Gasteiger partial charge on any atom is -0.383 e. The average Bonchev–Trinajstić information content (AvgIpc) is 2.35. The van der Waals surface area contributed by atoms with E-state index in [2.05, 4.69) is 5.32 Å². The first kappa shape index (κ1) is 17.6. The van der Waals surface area contributed by atoms with Crippen LogP contribution in [0.15, 0.2) is 18.2 Å². The summed E-state index contributed by atoms with van der Waals surface area (Å²) in [6.07, 6.45) is 0.347. The Morgan fingerprint density at radius 1 is 1.33 bits per heavy atom. The Balaban J connectivity index is 2.66. The van der Waals surface area contributed by atoms with Crippen LogP contribution in [0.1, 0.15) is 39.7 Å². The maximum atomic E-state index is 13.7. The number of carbonyl (C=O) groups excluding carboxylic acids is 1. The van der Waals surface area contributed by atoms with Crippen molar-refractivity contribution in [1.29, 1.82) is 0 Å². The molecule has 0 aliphatic heterocycles. The highest BCUT2D eigenvalue weighted by molar-refractivity contribution is 5.76. The van der Waals surface area contributed by atoms with E-state index in [0.29, 0.717) is 18.4 Å². The number of halogens is 2. The highest BCUT2D eigenvalue weighted by Crippen LogP contribution is 2.23. The summed E-state index contributed by atoms with van der Waals surface area (Å²) in [6, 6.07) is 2.98. The van der Waals surface area contributed by atoms with E-state index in [1.54, 1.807) is 0 Å². The second kappa shape index (κ2) is 6.98. The molecule has 0 saturated heterocycles. The van der Waals surface area contributed by atoms with Gasteiger partial charge in [-0.15, -0.1) is 0 Å². The third kappa shape index (κ3) is 5.08. The minimum absolute atomic E-state index is 0.0406. The summed E-state index contributed by atoms with van der Waals surface area (Å²) in [4.78, 5) is 11.8. The number of amides is 1. The van der Waals surface area contributed by atoms with Crippen molar-refractivity contribution in [3.63, 3.8) is 0 Å². The van der Waals surface area contributed by atoms with Crippen LogP contribution in [0.5, 0.6) is 0 Å². The topological polar surface area (TPSA) is 49.3 Å². The van der Waals surface area contributed by atoms with Crippen molar-refractivity contribution in [2.24, 2.45) is 11.8 Å². The highest BCUT2D eigenvalue weighted by atomic mass is 19.1. The van der Waals surface area contributed by atoms with Crippen LogP contribution in [-0.4, -0.2) is 17.6 Å². The van der Waals surface area contributed by atoms with Crippen molar-refractivity contribution in [2.45, 2.75) is 39.7 Å². The quantitative estimate of drug-likeness (QED) is 0.848. The first-order chi connectivity index (χ1) is 9.63. The van der Waals surface area contributed by atoms with Crippen LogP contribution in [-0.2, 0) is 10.4 Å². The Bertz CT molecular complexity index is 501. The molecule has 1 rings (SSSR count). The highest BCUT2D eigenvalue weighted by Gasteiger charge is 2.27. The molecular weight excluding hydrogens is 276 g/mol. The van der Waals surface area contributed by atoms with E-state index in [1.165, 1.54) is 13.0 Å². The molecule has 0 radical (unpaired) electrons. The van der Waals surface area contributed by atoms with Gasteiger partial charge < -0.3 is 10.4 Å². The zero-order chi connectivity index (χ0) is 16.2. The summed E-state index contributed by atoms with van der Waals surface area (Å²) >= 11 is 0. The van der Waals surface area contributed by atoms with Gasteiger partial charge in [0.25, 0.3) is 0 Å². The van der Waals surface area contributed by atoms with Gasteiger partial charge in [0.15, 0.2) is 0 Å². The predicted octanol–water partition coefficient (Wildman–Crippen LogP) is 2.97. The van der Waals surface area contributed by atoms with E-state index in [1.807, 2.05) is 20.8 Å². The summed E-state index contributed by atoms with van der Waals surface area (Å²) in [5, 5.41) is 12.9. The molecule has 0 aliphatic rings. The molecule has 1 amide bonds. The molecule has 5 heteroatoms. The van der Waals surface area contributed by atoms with Crippen molar-refractivity contribution in [1.82, 2.24) is 5.32 Å². The first-order valence-electron chi connectivity index (χ1n) is 7.08. The monoisotopic (exact) mass is 299 g/mol. The summed E-state index contributed by atoms with van der Waals surface area (Å²) < 4.78 is 26.6. The van der Waals surface area contributed by atoms with Gasteiger partial charge in [-0.1, -0.05) is 26.8 Å². The molecule has 2 unspecified atom stereocenters. The SMILES string of the molecule is CC(C)C(C)CC(=O)NCC(C)(O)c1ccc(F)cc1F. The third-order valence-electron chi connectivity index (χ3n) is 3.79. The number of rotatable bonds is 6. The van der Waals surface area contributed by atoms with E-state index in [4.69, 9.17) is 0 Å². The predicted molar refractivity (Wildman–Crippen MR) is 77.6 cm³/mol. The Morgan fingerprint density at radius 2 is 1.95 bits per heavy atom. The maximum Gasteiger partial charge on any atom is 0.220 e. The number of hydrogen-bond donors (Lipinski definition) is 2. The smallest absolute Gasteiger partial charge is 0.220 e. The van der Waals surface area contributed by atoms with Crippen molar-refractivity contribution in [3.05, 3.63) is 35.4 Å².